The summed E-state index contributed by atoms with van der Waals surface area (Å²) in [6.45, 7) is 1.32. The van der Waals surface area contributed by atoms with Crippen LogP contribution in [0.1, 0.15) is 12.0 Å². The number of rotatable bonds is 7. The smallest absolute Gasteiger partial charge is 0.243 e. The fraction of sp³-hybridized carbons (Fsp3) is 0.350. The number of ether oxygens (including phenoxy) is 2. The lowest BCUT2D eigenvalue weighted by molar-refractivity contribution is -0.116. The van der Waals surface area contributed by atoms with Crippen LogP contribution in [0.15, 0.2) is 47.4 Å². The number of aryl methyl sites for hydroxylation is 1. The molecular weight excluding hydrogens is 399 g/mol. The van der Waals surface area contributed by atoms with E-state index in [-0.39, 0.29) is 29.3 Å². The second-order valence-corrected chi connectivity index (χ2v) is 8.46. The topological polar surface area (TPSA) is 84.9 Å². The molecule has 0 spiro atoms. The molecule has 1 heterocycles. The molecule has 0 saturated carbocycles. The first kappa shape index (κ1) is 21.2. The molecule has 0 bridgehead atoms. The van der Waals surface area contributed by atoms with Gasteiger partial charge < -0.3 is 14.8 Å². The van der Waals surface area contributed by atoms with E-state index in [1.54, 1.807) is 12.1 Å². The highest BCUT2D eigenvalue weighted by molar-refractivity contribution is 7.89. The van der Waals surface area contributed by atoms with Gasteiger partial charge in [-0.05, 0) is 42.3 Å². The van der Waals surface area contributed by atoms with Gasteiger partial charge in [-0.1, -0.05) is 12.1 Å². The molecule has 0 radical (unpaired) electrons. The maximum Gasteiger partial charge on any atom is 0.243 e. The summed E-state index contributed by atoms with van der Waals surface area (Å²) in [6.07, 6.45) is 0.293. The van der Waals surface area contributed by atoms with Crippen molar-refractivity contribution in [3.05, 3.63) is 53.8 Å². The number of hydrogen-bond donors (Lipinski definition) is 1. The Labute approximate surface area is 169 Å². The van der Waals surface area contributed by atoms with Crippen molar-refractivity contribution in [3.8, 4) is 5.75 Å². The number of carbonyl (C=O) groups is 1. The van der Waals surface area contributed by atoms with Crippen LogP contribution in [0.5, 0.6) is 5.75 Å². The van der Waals surface area contributed by atoms with E-state index in [2.05, 4.69) is 5.32 Å². The molecule has 3 rings (SSSR count). The van der Waals surface area contributed by atoms with Gasteiger partial charge in [-0.2, -0.15) is 4.31 Å². The van der Waals surface area contributed by atoms with E-state index in [0.29, 0.717) is 37.6 Å². The third-order valence-electron chi connectivity index (χ3n) is 4.63. The molecule has 7 nitrogen and oxygen atoms in total. The number of methoxy groups -OCH3 is 1. The normalized spacial score (nSPS) is 15.1. The van der Waals surface area contributed by atoms with Crippen molar-refractivity contribution in [2.24, 2.45) is 0 Å². The molecule has 9 heteroatoms. The van der Waals surface area contributed by atoms with Crippen molar-refractivity contribution >= 4 is 21.6 Å². The highest BCUT2D eigenvalue weighted by Gasteiger charge is 2.27. The van der Waals surface area contributed by atoms with E-state index < -0.39 is 15.8 Å². The predicted molar refractivity (Wildman–Crippen MR) is 106 cm³/mol. The number of benzene rings is 2. The lowest BCUT2D eigenvalue weighted by Gasteiger charge is -2.26. The molecule has 2 aromatic rings. The molecule has 0 aliphatic carbocycles. The molecule has 156 valence electrons. The van der Waals surface area contributed by atoms with Crippen LogP contribution >= 0.6 is 0 Å². The lowest BCUT2D eigenvalue weighted by Crippen LogP contribution is -2.40. The number of nitrogens with one attached hydrogen (secondary N) is 1. The van der Waals surface area contributed by atoms with Gasteiger partial charge >= 0.3 is 0 Å². The summed E-state index contributed by atoms with van der Waals surface area (Å²) in [7, 11) is -2.17. The Morgan fingerprint density at radius 3 is 2.62 bits per heavy atom. The first-order chi connectivity index (χ1) is 13.9. The van der Waals surface area contributed by atoms with E-state index in [4.69, 9.17) is 9.47 Å². The Bertz CT molecular complexity index is 975. The molecule has 1 N–H and O–H groups in total. The van der Waals surface area contributed by atoms with Crippen LogP contribution in [0.2, 0.25) is 0 Å². The number of morpholine rings is 1. The maximum atomic E-state index is 13.7. The van der Waals surface area contributed by atoms with Gasteiger partial charge in [0.25, 0.3) is 0 Å². The molecule has 1 amide bonds. The molecule has 1 saturated heterocycles. The summed E-state index contributed by atoms with van der Waals surface area (Å²) in [5.41, 5.74) is 0.693. The van der Waals surface area contributed by atoms with Crippen LogP contribution in [-0.4, -0.2) is 52.0 Å². The number of sulfonamides is 1. The zero-order valence-corrected chi connectivity index (χ0v) is 16.9. The predicted octanol–water partition coefficient (Wildman–Crippen LogP) is 2.43. The van der Waals surface area contributed by atoms with Gasteiger partial charge in [0.05, 0.1) is 30.9 Å². The van der Waals surface area contributed by atoms with E-state index in [1.165, 1.54) is 41.7 Å². The zero-order chi connectivity index (χ0) is 20.9. The average molecular weight is 422 g/mol. The molecule has 1 aliphatic heterocycles. The van der Waals surface area contributed by atoms with Crippen molar-refractivity contribution in [2.75, 3.05) is 38.7 Å². The lowest BCUT2D eigenvalue weighted by atomic mass is 10.1. The molecule has 0 unspecified atom stereocenters. The van der Waals surface area contributed by atoms with Crippen molar-refractivity contribution < 1.29 is 27.1 Å². The SMILES string of the molecule is COc1ccc(S(=O)(=O)N2CCOCC2)cc1CCC(=O)Nc1ccccc1F. The van der Waals surface area contributed by atoms with Gasteiger partial charge in [0, 0.05) is 19.5 Å². The van der Waals surface area contributed by atoms with E-state index in [9.17, 15) is 17.6 Å². The van der Waals surface area contributed by atoms with Crippen LogP contribution in [0, 0.1) is 5.82 Å². The maximum absolute atomic E-state index is 13.7. The minimum atomic E-state index is -3.65. The van der Waals surface area contributed by atoms with Gasteiger partial charge in [-0.15, -0.1) is 0 Å². The molecule has 29 heavy (non-hydrogen) atoms. The average Bonchev–Trinajstić information content (AvgIpc) is 2.74. The Balaban J connectivity index is 1.73. The van der Waals surface area contributed by atoms with Crippen LogP contribution < -0.4 is 10.1 Å². The summed E-state index contributed by atoms with van der Waals surface area (Å²) >= 11 is 0. The largest absolute Gasteiger partial charge is 0.496 e. The summed E-state index contributed by atoms with van der Waals surface area (Å²) in [4.78, 5) is 12.4. The van der Waals surface area contributed by atoms with Crippen molar-refractivity contribution in [2.45, 2.75) is 17.7 Å². The van der Waals surface area contributed by atoms with Gasteiger partial charge in [0.2, 0.25) is 15.9 Å². The highest BCUT2D eigenvalue weighted by Crippen LogP contribution is 2.26. The van der Waals surface area contributed by atoms with Crippen molar-refractivity contribution in [3.63, 3.8) is 0 Å². The van der Waals surface area contributed by atoms with Crippen LogP contribution in [0.25, 0.3) is 0 Å². The van der Waals surface area contributed by atoms with E-state index in [0.717, 1.165) is 0 Å². The third-order valence-corrected chi connectivity index (χ3v) is 6.52. The molecule has 1 aliphatic rings. The second-order valence-electron chi connectivity index (χ2n) is 6.52. The van der Waals surface area contributed by atoms with Gasteiger partial charge in [-0.3, -0.25) is 4.79 Å². The highest BCUT2D eigenvalue weighted by atomic mass is 32.2. The fourth-order valence-corrected chi connectivity index (χ4v) is 4.53. The number of halogens is 1. The summed E-state index contributed by atoms with van der Waals surface area (Å²) < 4.78 is 51.3. The third kappa shape index (κ3) is 5.11. The molecule has 0 atom stereocenters. The molecule has 0 aromatic heterocycles. The Kier molecular flexibility index (Phi) is 6.83. The molecular formula is C20H23FN2O5S. The van der Waals surface area contributed by atoms with Crippen LogP contribution in [0.4, 0.5) is 10.1 Å². The van der Waals surface area contributed by atoms with Crippen LogP contribution in [-0.2, 0) is 26.0 Å². The minimum absolute atomic E-state index is 0.0474. The van der Waals surface area contributed by atoms with Crippen molar-refractivity contribution in [1.82, 2.24) is 4.31 Å². The molecule has 1 fully saturated rings. The Morgan fingerprint density at radius 1 is 1.21 bits per heavy atom. The number of para-hydroxylation sites is 1. The number of anilines is 1. The van der Waals surface area contributed by atoms with Crippen LogP contribution in [0.3, 0.4) is 0 Å². The first-order valence-corrected chi connectivity index (χ1v) is 10.6. The number of hydrogen-bond acceptors (Lipinski definition) is 5. The number of carbonyl (C=O) groups excluding carboxylic acids is 1. The summed E-state index contributed by atoms with van der Waals surface area (Å²) in [6, 6.07) is 10.5. The standard InChI is InChI=1S/C20H23FN2O5S/c1-27-19-8-7-16(29(25,26)23-10-12-28-13-11-23)14-15(19)6-9-20(24)22-18-5-3-2-4-17(18)21/h2-5,7-8,14H,6,9-13H2,1H3,(H,22,24). The fourth-order valence-electron chi connectivity index (χ4n) is 3.07. The Hall–Kier alpha value is -2.49. The van der Waals surface area contributed by atoms with Gasteiger partial charge in [-0.25, -0.2) is 12.8 Å². The second kappa shape index (κ2) is 9.34. The minimum Gasteiger partial charge on any atom is -0.496 e. The van der Waals surface area contributed by atoms with Gasteiger partial charge in [0.1, 0.15) is 11.6 Å². The molecule has 2 aromatic carbocycles. The number of nitrogens with zero attached hydrogens (tertiary/aromatic N) is 1. The summed E-state index contributed by atoms with van der Waals surface area (Å²) in [5, 5.41) is 2.52. The van der Waals surface area contributed by atoms with E-state index in [1.807, 2.05) is 0 Å². The van der Waals surface area contributed by atoms with Gasteiger partial charge in [0.15, 0.2) is 0 Å². The quantitative estimate of drug-likeness (QED) is 0.741. The Morgan fingerprint density at radius 2 is 1.93 bits per heavy atom. The monoisotopic (exact) mass is 422 g/mol. The van der Waals surface area contributed by atoms with E-state index >= 15 is 0 Å². The summed E-state index contributed by atoms with van der Waals surface area (Å²) in [5.74, 6) is -0.403. The van der Waals surface area contributed by atoms with Crippen molar-refractivity contribution in [1.29, 1.82) is 0 Å². The zero-order valence-electron chi connectivity index (χ0n) is 16.1. The first-order valence-electron chi connectivity index (χ1n) is 9.21. The number of amides is 1.